The second kappa shape index (κ2) is 10.2. The van der Waals surface area contributed by atoms with Gasteiger partial charge in [0.1, 0.15) is 23.0 Å². The number of aromatic hydroxyl groups is 4. The lowest BCUT2D eigenvalue weighted by atomic mass is 10.1. The van der Waals surface area contributed by atoms with Crippen LogP contribution in [0.1, 0.15) is 30.9 Å². The summed E-state index contributed by atoms with van der Waals surface area (Å²) in [6, 6.07) is 5.25. The molecule has 8 heteroatoms. The first-order chi connectivity index (χ1) is 14.6. The van der Waals surface area contributed by atoms with Crippen molar-refractivity contribution in [3.05, 3.63) is 59.2 Å². The Hall–Kier alpha value is -3.94. The molecule has 0 aliphatic rings. The molecular weight excluding hydrogens is 400 g/mol. The number of rotatable bonds is 7. The van der Waals surface area contributed by atoms with Crippen LogP contribution in [0, 0.1) is 13.8 Å². The van der Waals surface area contributed by atoms with E-state index in [1.165, 1.54) is 12.1 Å². The van der Waals surface area contributed by atoms with Gasteiger partial charge in [-0.3, -0.25) is 9.59 Å². The van der Waals surface area contributed by atoms with Gasteiger partial charge in [-0.15, -0.1) is 0 Å². The smallest absolute Gasteiger partial charge is 0.251 e. The molecule has 2 amide bonds. The molecule has 0 aliphatic carbocycles. The average Bonchev–Trinajstić information content (AvgIpc) is 2.70. The van der Waals surface area contributed by atoms with Crippen molar-refractivity contribution in [3.63, 3.8) is 0 Å². The number of allylic oxidation sites excluding steroid dienone is 2. The highest BCUT2D eigenvalue weighted by molar-refractivity contribution is 6.04. The fraction of sp³-hybridized carbons (Fsp3) is 0.217. The number of phenolic OH excluding ortho intramolecular Hbond substituents is 4. The summed E-state index contributed by atoms with van der Waals surface area (Å²) >= 11 is 0. The highest BCUT2D eigenvalue weighted by Gasteiger charge is 2.12. The van der Waals surface area contributed by atoms with Crippen molar-refractivity contribution in [1.82, 2.24) is 0 Å². The minimum absolute atomic E-state index is 0.00637. The van der Waals surface area contributed by atoms with E-state index in [-0.39, 0.29) is 46.7 Å². The number of benzene rings is 2. The molecule has 0 spiro atoms. The van der Waals surface area contributed by atoms with E-state index in [1.807, 2.05) is 0 Å². The van der Waals surface area contributed by atoms with Crippen LogP contribution in [0.15, 0.2) is 48.1 Å². The fourth-order valence-electron chi connectivity index (χ4n) is 2.69. The zero-order valence-corrected chi connectivity index (χ0v) is 17.6. The number of aryl methyl sites for hydroxylation is 2. The van der Waals surface area contributed by atoms with Gasteiger partial charge in [-0.05, 0) is 43.5 Å². The zero-order valence-electron chi connectivity index (χ0n) is 17.6. The third kappa shape index (κ3) is 6.27. The summed E-state index contributed by atoms with van der Waals surface area (Å²) in [7, 11) is 0. The van der Waals surface area contributed by atoms with E-state index in [4.69, 9.17) is 0 Å². The van der Waals surface area contributed by atoms with Crippen molar-refractivity contribution in [1.29, 1.82) is 0 Å². The summed E-state index contributed by atoms with van der Waals surface area (Å²) in [4.78, 5) is 24.5. The second-order valence-electron chi connectivity index (χ2n) is 6.99. The highest BCUT2D eigenvalue weighted by Crippen LogP contribution is 2.32. The van der Waals surface area contributed by atoms with Crippen molar-refractivity contribution in [2.24, 2.45) is 0 Å². The van der Waals surface area contributed by atoms with Crippen LogP contribution >= 0.6 is 0 Å². The Morgan fingerprint density at radius 1 is 0.839 bits per heavy atom. The summed E-state index contributed by atoms with van der Waals surface area (Å²) in [5.74, 6) is -1.41. The van der Waals surface area contributed by atoms with Crippen LogP contribution in [0.3, 0.4) is 0 Å². The van der Waals surface area contributed by atoms with Gasteiger partial charge in [0.15, 0.2) is 0 Å². The van der Waals surface area contributed by atoms with Crippen LogP contribution in [0.4, 0.5) is 11.4 Å². The standard InChI is InChI=1S/C23H26N2O6/c1-4-15(23(31)25-17-10-14(3)19(27)12-21(17)29)7-5-6-8-22(30)24-16-9-13(2)18(26)11-20(16)28/h5-7,9-12,26-29H,4,8H2,1-3H3,(H,24,30)(H,25,31)/b6-5-,15-7+. The third-order valence-corrected chi connectivity index (χ3v) is 4.56. The van der Waals surface area contributed by atoms with Crippen molar-refractivity contribution in [2.75, 3.05) is 10.6 Å². The Morgan fingerprint density at radius 3 is 1.87 bits per heavy atom. The molecule has 8 nitrogen and oxygen atoms in total. The number of carbonyl (C=O) groups is 2. The third-order valence-electron chi connectivity index (χ3n) is 4.56. The maximum absolute atomic E-state index is 12.4. The largest absolute Gasteiger partial charge is 0.508 e. The molecular formula is C23H26N2O6. The van der Waals surface area contributed by atoms with Crippen LogP contribution in [-0.4, -0.2) is 32.2 Å². The molecule has 0 heterocycles. The van der Waals surface area contributed by atoms with E-state index in [0.717, 1.165) is 12.1 Å². The van der Waals surface area contributed by atoms with Crippen LogP contribution in [-0.2, 0) is 9.59 Å². The van der Waals surface area contributed by atoms with Gasteiger partial charge in [-0.2, -0.15) is 0 Å². The van der Waals surface area contributed by atoms with E-state index in [2.05, 4.69) is 10.6 Å². The molecule has 6 N–H and O–H groups in total. The first-order valence-corrected chi connectivity index (χ1v) is 9.64. The number of nitrogens with one attached hydrogen (secondary N) is 2. The Balaban J connectivity index is 1.99. The maximum Gasteiger partial charge on any atom is 0.251 e. The van der Waals surface area contributed by atoms with Crippen molar-refractivity contribution in [3.8, 4) is 23.0 Å². The maximum atomic E-state index is 12.4. The summed E-state index contributed by atoms with van der Waals surface area (Å²) in [6.45, 7) is 5.09. The number of anilines is 2. The summed E-state index contributed by atoms with van der Waals surface area (Å²) in [6.07, 6.45) is 5.12. The van der Waals surface area contributed by atoms with Crippen LogP contribution < -0.4 is 10.6 Å². The molecule has 0 atom stereocenters. The number of phenols is 4. The summed E-state index contributed by atoms with van der Waals surface area (Å²) in [5, 5.41) is 44.0. The molecule has 0 saturated carbocycles. The van der Waals surface area contributed by atoms with Gasteiger partial charge in [0.05, 0.1) is 11.4 Å². The lowest BCUT2D eigenvalue weighted by Gasteiger charge is -2.10. The molecule has 0 radical (unpaired) electrons. The molecule has 31 heavy (non-hydrogen) atoms. The zero-order chi connectivity index (χ0) is 23.1. The van der Waals surface area contributed by atoms with Gasteiger partial charge in [-0.1, -0.05) is 25.2 Å². The molecule has 164 valence electrons. The first kappa shape index (κ1) is 23.3. The summed E-state index contributed by atoms with van der Waals surface area (Å²) < 4.78 is 0. The van der Waals surface area contributed by atoms with Gasteiger partial charge in [-0.25, -0.2) is 0 Å². The lowest BCUT2D eigenvalue weighted by molar-refractivity contribution is -0.115. The van der Waals surface area contributed by atoms with Crippen LogP contribution in [0.5, 0.6) is 23.0 Å². The van der Waals surface area contributed by atoms with E-state index in [9.17, 15) is 30.0 Å². The lowest BCUT2D eigenvalue weighted by Crippen LogP contribution is -2.14. The molecule has 0 unspecified atom stereocenters. The van der Waals surface area contributed by atoms with E-state index in [1.54, 1.807) is 39.0 Å². The fourth-order valence-corrected chi connectivity index (χ4v) is 2.69. The predicted octanol–water partition coefficient (Wildman–Crippen LogP) is 3.99. The minimum atomic E-state index is -0.415. The average molecular weight is 426 g/mol. The van der Waals surface area contributed by atoms with E-state index < -0.39 is 5.91 Å². The Labute approximate surface area is 180 Å². The number of hydrogen-bond donors (Lipinski definition) is 6. The Morgan fingerprint density at radius 2 is 1.35 bits per heavy atom. The van der Waals surface area contributed by atoms with Gasteiger partial charge < -0.3 is 31.1 Å². The van der Waals surface area contributed by atoms with Crippen LogP contribution in [0.2, 0.25) is 0 Å². The molecule has 2 aromatic rings. The van der Waals surface area contributed by atoms with Gasteiger partial charge in [0.2, 0.25) is 5.91 Å². The monoisotopic (exact) mass is 426 g/mol. The van der Waals surface area contributed by atoms with Gasteiger partial charge >= 0.3 is 0 Å². The molecule has 0 saturated heterocycles. The van der Waals surface area contributed by atoms with Gasteiger partial charge in [0, 0.05) is 24.1 Å². The van der Waals surface area contributed by atoms with Crippen molar-refractivity contribution < 1.29 is 30.0 Å². The number of amides is 2. The molecule has 0 bridgehead atoms. The van der Waals surface area contributed by atoms with E-state index in [0.29, 0.717) is 23.1 Å². The van der Waals surface area contributed by atoms with Gasteiger partial charge in [0.25, 0.3) is 5.91 Å². The van der Waals surface area contributed by atoms with E-state index >= 15 is 0 Å². The Bertz CT molecular complexity index is 1060. The molecule has 2 rings (SSSR count). The quantitative estimate of drug-likeness (QED) is 0.171. The highest BCUT2D eigenvalue weighted by atomic mass is 16.3. The van der Waals surface area contributed by atoms with Crippen molar-refractivity contribution in [2.45, 2.75) is 33.6 Å². The summed E-state index contributed by atoms with van der Waals surface area (Å²) in [5.41, 5.74) is 1.83. The Kier molecular flexibility index (Phi) is 7.68. The molecule has 0 aromatic heterocycles. The molecule has 2 aromatic carbocycles. The second-order valence-corrected chi connectivity index (χ2v) is 6.99. The topological polar surface area (TPSA) is 139 Å². The molecule has 0 fully saturated rings. The number of hydrogen-bond acceptors (Lipinski definition) is 6. The van der Waals surface area contributed by atoms with Crippen LogP contribution in [0.25, 0.3) is 0 Å². The minimum Gasteiger partial charge on any atom is -0.508 e. The normalized spacial score (nSPS) is 11.5. The molecule has 0 aliphatic heterocycles. The first-order valence-electron chi connectivity index (χ1n) is 9.64. The predicted molar refractivity (Wildman–Crippen MR) is 118 cm³/mol. The van der Waals surface area contributed by atoms with Crippen molar-refractivity contribution >= 4 is 23.2 Å². The SMILES string of the molecule is CC/C(=C\C=C/CC(=O)Nc1cc(C)c(O)cc1O)C(=O)Nc1cc(C)c(O)cc1O. The number of carbonyl (C=O) groups excluding carboxylic acids is 2.